The predicted molar refractivity (Wildman–Crippen MR) is 88.0 cm³/mol. The van der Waals surface area contributed by atoms with Crippen LogP contribution in [0.4, 0.5) is 5.69 Å². The van der Waals surface area contributed by atoms with Crippen molar-refractivity contribution in [1.29, 1.82) is 0 Å². The van der Waals surface area contributed by atoms with Crippen LogP contribution in [0.25, 0.3) is 0 Å². The van der Waals surface area contributed by atoms with Crippen molar-refractivity contribution in [2.24, 2.45) is 0 Å². The molecule has 2 aromatic carbocycles. The van der Waals surface area contributed by atoms with Gasteiger partial charge in [-0.2, -0.15) is 0 Å². The molecule has 2 rings (SSSR count). The molecular weight excluding hydrogens is 302 g/mol. The van der Waals surface area contributed by atoms with Crippen LogP contribution in [0.3, 0.4) is 0 Å². The van der Waals surface area contributed by atoms with E-state index >= 15 is 0 Å². The molecule has 116 valence electrons. The van der Waals surface area contributed by atoms with Gasteiger partial charge in [-0.3, -0.25) is 4.79 Å². The summed E-state index contributed by atoms with van der Waals surface area (Å²) in [5.74, 6) is 0.993. The number of rotatable bonds is 5. The maximum Gasteiger partial charge on any atom is 0.262 e. The Morgan fingerprint density at radius 3 is 2.41 bits per heavy atom. The summed E-state index contributed by atoms with van der Waals surface area (Å²) in [5, 5.41) is 3.17. The Hall–Kier alpha value is -2.20. The van der Waals surface area contributed by atoms with Crippen molar-refractivity contribution in [2.75, 3.05) is 19.0 Å². The summed E-state index contributed by atoms with van der Waals surface area (Å²) in [5.41, 5.74) is 2.79. The molecule has 0 aliphatic rings. The van der Waals surface area contributed by atoms with Gasteiger partial charge in [0.15, 0.2) is 6.61 Å². The minimum absolute atomic E-state index is 0.0630. The predicted octanol–water partition coefficient (Wildman–Crippen LogP) is 3.98. The quantitative estimate of drug-likeness (QED) is 0.906. The molecule has 1 N–H and O–H groups in total. The molecule has 0 aliphatic carbocycles. The van der Waals surface area contributed by atoms with E-state index in [1.54, 1.807) is 18.2 Å². The Balaban J connectivity index is 1.94. The highest BCUT2D eigenvalue weighted by molar-refractivity contribution is 6.32. The zero-order valence-electron chi connectivity index (χ0n) is 12.8. The van der Waals surface area contributed by atoms with Gasteiger partial charge in [0, 0.05) is 5.69 Å². The molecule has 22 heavy (non-hydrogen) atoms. The zero-order chi connectivity index (χ0) is 16.1. The molecule has 0 atom stereocenters. The summed E-state index contributed by atoms with van der Waals surface area (Å²) in [4.78, 5) is 11.9. The number of hydrogen-bond donors (Lipinski definition) is 1. The number of ether oxygens (including phenoxy) is 2. The molecule has 0 radical (unpaired) electrons. The smallest absolute Gasteiger partial charge is 0.262 e. The topological polar surface area (TPSA) is 47.6 Å². The maximum absolute atomic E-state index is 11.9. The van der Waals surface area contributed by atoms with E-state index in [1.165, 1.54) is 7.11 Å². The fraction of sp³-hybridized carbons (Fsp3) is 0.235. The third-order valence-corrected chi connectivity index (χ3v) is 3.30. The summed E-state index contributed by atoms with van der Waals surface area (Å²) in [6.45, 7) is 3.91. The van der Waals surface area contributed by atoms with E-state index in [4.69, 9.17) is 21.1 Å². The SMILES string of the molecule is COc1ccc(NC(=O)COc2cc(C)cc(C)c2)cc1Cl. The van der Waals surface area contributed by atoms with Gasteiger partial charge in [-0.25, -0.2) is 0 Å². The van der Waals surface area contributed by atoms with Crippen LogP contribution in [-0.4, -0.2) is 19.6 Å². The molecule has 0 aliphatic heterocycles. The molecule has 0 bridgehead atoms. The molecule has 0 spiro atoms. The van der Waals surface area contributed by atoms with Crippen LogP contribution in [0.15, 0.2) is 36.4 Å². The van der Waals surface area contributed by atoms with Crippen molar-refractivity contribution in [3.63, 3.8) is 0 Å². The lowest BCUT2D eigenvalue weighted by molar-refractivity contribution is -0.118. The first kappa shape index (κ1) is 16.2. The van der Waals surface area contributed by atoms with E-state index in [0.717, 1.165) is 11.1 Å². The molecule has 0 saturated carbocycles. The van der Waals surface area contributed by atoms with Crippen LogP contribution in [0.2, 0.25) is 5.02 Å². The average molecular weight is 320 g/mol. The van der Waals surface area contributed by atoms with E-state index in [-0.39, 0.29) is 12.5 Å². The number of amides is 1. The number of anilines is 1. The molecule has 0 fully saturated rings. The van der Waals surface area contributed by atoms with Crippen LogP contribution in [0.5, 0.6) is 11.5 Å². The number of methoxy groups -OCH3 is 1. The number of aryl methyl sites for hydroxylation is 2. The van der Waals surface area contributed by atoms with Crippen molar-refractivity contribution >= 4 is 23.2 Å². The van der Waals surface area contributed by atoms with Gasteiger partial charge >= 0.3 is 0 Å². The number of carbonyl (C=O) groups is 1. The first-order chi connectivity index (χ1) is 10.5. The fourth-order valence-corrected chi connectivity index (χ4v) is 2.36. The Labute approximate surface area is 135 Å². The van der Waals surface area contributed by atoms with E-state index in [2.05, 4.69) is 5.32 Å². The highest BCUT2D eigenvalue weighted by Crippen LogP contribution is 2.27. The first-order valence-electron chi connectivity index (χ1n) is 6.82. The fourth-order valence-electron chi connectivity index (χ4n) is 2.11. The molecule has 0 unspecified atom stereocenters. The van der Waals surface area contributed by atoms with Crippen molar-refractivity contribution in [3.8, 4) is 11.5 Å². The molecule has 0 aromatic heterocycles. The van der Waals surface area contributed by atoms with Gasteiger partial charge in [0.25, 0.3) is 5.91 Å². The number of carbonyl (C=O) groups excluding carboxylic acids is 1. The van der Waals surface area contributed by atoms with E-state index < -0.39 is 0 Å². The lowest BCUT2D eigenvalue weighted by Crippen LogP contribution is -2.20. The van der Waals surface area contributed by atoms with Crippen molar-refractivity contribution in [2.45, 2.75) is 13.8 Å². The second kappa shape index (κ2) is 7.18. The molecule has 5 heteroatoms. The normalized spacial score (nSPS) is 10.2. The summed E-state index contributed by atoms with van der Waals surface area (Å²) in [7, 11) is 1.54. The molecule has 2 aromatic rings. The highest BCUT2D eigenvalue weighted by atomic mass is 35.5. The van der Waals surface area contributed by atoms with Gasteiger partial charge in [-0.1, -0.05) is 17.7 Å². The van der Waals surface area contributed by atoms with Gasteiger partial charge < -0.3 is 14.8 Å². The van der Waals surface area contributed by atoms with Gasteiger partial charge in [0.1, 0.15) is 11.5 Å². The summed E-state index contributed by atoms with van der Waals surface area (Å²) in [6, 6.07) is 10.9. The second-order valence-corrected chi connectivity index (χ2v) is 5.42. The number of benzene rings is 2. The lowest BCUT2D eigenvalue weighted by atomic mass is 10.1. The molecule has 1 amide bonds. The van der Waals surface area contributed by atoms with E-state index in [9.17, 15) is 4.79 Å². The Kier molecular flexibility index (Phi) is 5.28. The van der Waals surface area contributed by atoms with Crippen LogP contribution in [-0.2, 0) is 4.79 Å². The second-order valence-electron chi connectivity index (χ2n) is 5.01. The highest BCUT2D eigenvalue weighted by Gasteiger charge is 2.07. The van der Waals surface area contributed by atoms with Crippen LogP contribution in [0, 0.1) is 13.8 Å². The standard InChI is InChI=1S/C17H18ClNO3/c1-11-6-12(2)8-14(7-11)22-10-17(20)19-13-4-5-16(21-3)15(18)9-13/h4-9H,10H2,1-3H3,(H,19,20). The number of halogens is 1. The Morgan fingerprint density at radius 1 is 1.14 bits per heavy atom. The molecular formula is C17H18ClNO3. The summed E-state index contributed by atoms with van der Waals surface area (Å²) >= 11 is 6.01. The summed E-state index contributed by atoms with van der Waals surface area (Å²) < 4.78 is 10.6. The number of nitrogens with one attached hydrogen (secondary N) is 1. The average Bonchev–Trinajstić information content (AvgIpc) is 2.44. The molecule has 0 heterocycles. The summed E-state index contributed by atoms with van der Waals surface area (Å²) in [6.07, 6.45) is 0. The third-order valence-electron chi connectivity index (χ3n) is 3.00. The Bertz CT molecular complexity index is 665. The van der Waals surface area contributed by atoms with Crippen LogP contribution >= 0.6 is 11.6 Å². The van der Waals surface area contributed by atoms with Crippen LogP contribution in [0.1, 0.15) is 11.1 Å². The molecule has 0 saturated heterocycles. The monoisotopic (exact) mass is 319 g/mol. The maximum atomic E-state index is 11.9. The van der Waals surface area contributed by atoms with Gasteiger partial charge in [-0.15, -0.1) is 0 Å². The van der Waals surface area contributed by atoms with E-state index in [0.29, 0.717) is 22.2 Å². The number of hydrogen-bond acceptors (Lipinski definition) is 3. The van der Waals surface area contributed by atoms with Crippen LogP contribution < -0.4 is 14.8 Å². The van der Waals surface area contributed by atoms with Gasteiger partial charge in [0.05, 0.1) is 12.1 Å². The van der Waals surface area contributed by atoms with Crippen molar-refractivity contribution in [3.05, 3.63) is 52.5 Å². The first-order valence-corrected chi connectivity index (χ1v) is 7.20. The zero-order valence-corrected chi connectivity index (χ0v) is 13.5. The van der Waals surface area contributed by atoms with Crippen molar-refractivity contribution < 1.29 is 14.3 Å². The van der Waals surface area contributed by atoms with E-state index in [1.807, 2.05) is 32.0 Å². The minimum atomic E-state index is -0.250. The molecule has 4 nitrogen and oxygen atoms in total. The van der Waals surface area contributed by atoms with Gasteiger partial charge in [0.2, 0.25) is 0 Å². The lowest BCUT2D eigenvalue weighted by Gasteiger charge is -2.10. The largest absolute Gasteiger partial charge is 0.495 e. The third kappa shape index (κ3) is 4.40. The van der Waals surface area contributed by atoms with Gasteiger partial charge in [-0.05, 0) is 55.3 Å². The Morgan fingerprint density at radius 2 is 1.82 bits per heavy atom. The van der Waals surface area contributed by atoms with Crippen molar-refractivity contribution in [1.82, 2.24) is 0 Å². The minimum Gasteiger partial charge on any atom is -0.495 e.